The van der Waals surface area contributed by atoms with Gasteiger partial charge in [-0.15, -0.1) is 0 Å². The standard InChI is InChI=1S/C20H22N4O4S/c1-3-4-8-18(25)21-15-6-5-7-16(12-15)22-20(29)23-19(26)14-10-9-13(2)17(11-14)24(27)28/h5-7,9-12H,3-4,8H2,1-2H3,(H,21,25)(H2,22,23,26,29). The lowest BCUT2D eigenvalue weighted by Crippen LogP contribution is -2.34. The Hall–Kier alpha value is -3.33. The van der Waals surface area contributed by atoms with Gasteiger partial charge in [0.25, 0.3) is 11.6 Å². The molecule has 8 nitrogen and oxygen atoms in total. The van der Waals surface area contributed by atoms with Crippen LogP contribution in [0.3, 0.4) is 0 Å². The fourth-order valence-electron chi connectivity index (χ4n) is 2.52. The normalized spacial score (nSPS) is 10.1. The number of hydrogen-bond acceptors (Lipinski definition) is 5. The van der Waals surface area contributed by atoms with E-state index in [9.17, 15) is 19.7 Å². The van der Waals surface area contributed by atoms with E-state index in [1.165, 1.54) is 18.2 Å². The molecule has 0 saturated heterocycles. The summed E-state index contributed by atoms with van der Waals surface area (Å²) in [5.74, 6) is -0.629. The van der Waals surface area contributed by atoms with Crippen molar-refractivity contribution in [1.29, 1.82) is 0 Å². The highest BCUT2D eigenvalue weighted by atomic mass is 32.1. The molecule has 0 aliphatic heterocycles. The van der Waals surface area contributed by atoms with Gasteiger partial charge in [0.15, 0.2) is 5.11 Å². The van der Waals surface area contributed by atoms with Gasteiger partial charge in [-0.2, -0.15) is 0 Å². The largest absolute Gasteiger partial charge is 0.332 e. The van der Waals surface area contributed by atoms with Gasteiger partial charge in [0.2, 0.25) is 5.91 Å². The van der Waals surface area contributed by atoms with Gasteiger partial charge in [-0.25, -0.2) is 0 Å². The predicted molar refractivity (Wildman–Crippen MR) is 116 cm³/mol. The zero-order valence-corrected chi connectivity index (χ0v) is 17.0. The molecule has 0 fully saturated rings. The summed E-state index contributed by atoms with van der Waals surface area (Å²) in [6, 6.07) is 11.1. The lowest BCUT2D eigenvalue weighted by Gasteiger charge is -2.11. The molecule has 0 saturated carbocycles. The predicted octanol–water partition coefficient (Wildman–Crippen LogP) is 4.16. The second-order valence-corrected chi connectivity index (χ2v) is 6.81. The maximum Gasteiger partial charge on any atom is 0.273 e. The highest BCUT2D eigenvalue weighted by Gasteiger charge is 2.16. The summed E-state index contributed by atoms with van der Waals surface area (Å²) >= 11 is 5.15. The molecule has 0 aromatic heterocycles. The lowest BCUT2D eigenvalue weighted by atomic mass is 10.1. The number of unbranched alkanes of at least 4 members (excludes halogenated alkanes) is 1. The van der Waals surface area contributed by atoms with Crippen molar-refractivity contribution in [2.45, 2.75) is 33.1 Å². The minimum absolute atomic E-state index is 0.0349. The monoisotopic (exact) mass is 414 g/mol. The van der Waals surface area contributed by atoms with Crippen molar-refractivity contribution in [2.24, 2.45) is 0 Å². The highest BCUT2D eigenvalue weighted by Crippen LogP contribution is 2.19. The van der Waals surface area contributed by atoms with Crippen LogP contribution in [-0.2, 0) is 4.79 Å². The zero-order valence-electron chi connectivity index (χ0n) is 16.2. The molecule has 2 aromatic carbocycles. The Balaban J connectivity index is 1.99. The van der Waals surface area contributed by atoms with Crippen molar-refractivity contribution in [3.8, 4) is 0 Å². The van der Waals surface area contributed by atoms with Crippen LogP contribution in [0.1, 0.15) is 42.1 Å². The first kappa shape index (κ1) is 22.0. The molecule has 9 heteroatoms. The molecule has 0 aliphatic carbocycles. The van der Waals surface area contributed by atoms with Crippen LogP contribution in [0.2, 0.25) is 0 Å². The Morgan fingerprint density at radius 1 is 1.10 bits per heavy atom. The number of aryl methyl sites for hydroxylation is 1. The maximum absolute atomic E-state index is 12.3. The Bertz CT molecular complexity index is 946. The van der Waals surface area contributed by atoms with Gasteiger partial charge in [-0.05, 0) is 49.8 Å². The Labute approximate surface area is 173 Å². The van der Waals surface area contributed by atoms with Crippen LogP contribution < -0.4 is 16.0 Å². The fourth-order valence-corrected chi connectivity index (χ4v) is 2.73. The van der Waals surface area contributed by atoms with Gasteiger partial charge < -0.3 is 10.6 Å². The first-order valence-electron chi connectivity index (χ1n) is 9.07. The van der Waals surface area contributed by atoms with Gasteiger partial charge in [-0.3, -0.25) is 25.0 Å². The fraction of sp³-hybridized carbons (Fsp3) is 0.250. The van der Waals surface area contributed by atoms with E-state index >= 15 is 0 Å². The minimum Gasteiger partial charge on any atom is -0.332 e. The third kappa shape index (κ3) is 6.65. The van der Waals surface area contributed by atoms with Crippen LogP contribution in [0.4, 0.5) is 17.1 Å². The van der Waals surface area contributed by atoms with Crippen LogP contribution in [0, 0.1) is 17.0 Å². The molecule has 0 aliphatic rings. The molecule has 0 unspecified atom stereocenters. The summed E-state index contributed by atoms with van der Waals surface area (Å²) in [6.07, 6.45) is 2.20. The Kier molecular flexibility index (Phi) is 7.79. The van der Waals surface area contributed by atoms with E-state index in [-0.39, 0.29) is 22.3 Å². The van der Waals surface area contributed by atoms with Crippen molar-refractivity contribution in [1.82, 2.24) is 5.32 Å². The van der Waals surface area contributed by atoms with Crippen molar-refractivity contribution < 1.29 is 14.5 Å². The molecule has 0 bridgehead atoms. The summed E-state index contributed by atoms with van der Waals surface area (Å²) < 4.78 is 0. The van der Waals surface area contributed by atoms with Crippen molar-refractivity contribution >= 4 is 46.2 Å². The quantitative estimate of drug-likeness (QED) is 0.356. The molecule has 0 radical (unpaired) electrons. The van der Waals surface area contributed by atoms with Crippen molar-refractivity contribution in [2.75, 3.05) is 10.6 Å². The third-order valence-corrected chi connectivity index (χ3v) is 4.26. The first-order valence-corrected chi connectivity index (χ1v) is 9.48. The van der Waals surface area contributed by atoms with E-state index in [1.807, 2.05) is 6.92 Å². The second-order valence-electron chi connectivity index (χ2n) is 6.40. The van der Waals surface area contributed by atoms with Crippen LogP contribution in [0.15, 0.2) is 42.5 Å². The number of hydrogen-bond donors (Lipinski definition) is 3. The molecule has 2 aromatic rings. The summed E-state index contributed by atoms with van der Waals surface area (Å²) in [4.78, 5) is 34.7. The van der Waals surface area contributed by atoms with Crippen LogP contribution in [0.5, 0.6) is 0 Å². The number of nitro groups is 1. The maximum atomic E-state index is 12.3. The topological polar surface area (TPSA) is 113 Å². The van der Waals surface area contributed by atoms with Crippen LogP contribution in [0.25, 0.3) is 0 Å². The van der Waals surface area contributed by atoms with Gasteiger partial charge in [0.1, 0.15) is 0 Å². The number of carbonyl (C=O) groups is 2. The van der Waals surface area contributed by atoms with E-state index < -0.39 is 10.8 Å². The van der Waals surface area contributed by atoms with Crippen molar-refractivity contribution in [3.05, 3.63) is 63.7 Å². The SMILES string of the molecule is CCCCC(=O)Nc1cccc(NC(=S)NC(=O)c2ccc(C)c([N+](=O)[O-])c2)c1. The Morgan fingerprint density at radius 2 is 1.79 bits per heavy atom. The number of carbonyl (C=O) groups excluding carboxylic acids is 2. The van der Waals surface area contributed by atoms with E-state index in [4.69, 9.17) is 12.2 Å². The minimum atomic E-state index is -0.561. The summed E-state index contributed by atoms with van der Waals surface area (Å²) in [7, 11) is 0. The van der Waals surface area contributed by atoms with E-state index in [0.29, 0.717) is 23.4 Å². The lowest BCUT2D eigenvalue weighted by molar-refractivity contribution is -0.385. The molecule has 2 rings (SSSR count). The van der Waals surface area contributed by atoms with E-state index in [0.717, 1.165) is 12.8 Å². The highest BCUT2D eigenvalue weighted by molar-refractivity contribution is 7.80. The number of thiocarbonyl (C=S) groups is 1. The van der Waals surface area contributed by atoms with Gasteiger partial charge in [0.05, 0.1) is 4.92 Å². The third-order valence-electron chi connectivity index (χ3n) is 4.06. The zero-order chi connectivity index (χ0) is 21.4. The smallest absolute Gasteiger partial charge is 0.273 e. The van der Waals surface area contributed by atoms with E-state index in [2.05, 4.69) is 16.0 Å². The second kappa shape index (κ2) is 10.3. The van der Waals surface area contributed by atoms with Gasteiger partial charge in [0, 0.05) is 35.0 Å². The molecule has 0 heterocycles. The average molecular weight is 414 g/mol. The molecule has 3 N–H and O–H groups in total. The first-order chi connectivity index (χ1) is 13.8. The van der Waals surface area contributed by atoms with Gasteiger partial charge in [-0.1, -0.05) is 25.5 Å². The number of nitrogens with one attached hydrogen (secondary N) is 3. The Morgan fingerprint density at radius 3 is 2.45 bits per heavy atom. The number of nitro benzene ring substituents is 1. The number of anilines is 2. The number of nitrogens with zero attached hydrogens (tertiary/aromatic N) is 1. The molecule has 152 valence electrons. The van der Waals surface area contributed by atoms with Crippen molar-refractivity contribution in [3.63, 3.8) is 0 Å². The molecular weight excluding hydrogens is 392 g/mol. The number of benzene rings is 2. The summed E-state index contributed by atoms with van der Waals surface area (Å²) in [6.45, 7) is 3.61. The van der Waals surface area contributed by atoms with E-state index in [1.54, 1.807) is 31.2 Å². The molecule has 2 amide bonds. The van der Waals surface area contributed by atoms with Crippen LogP contribution in [-0.4, -0.2) is 21.9 Å². The average Bonchev–Trinajstić information content (AvgIpc) is 2.66. The molecule has 29 heavy (non-hydrogen) atoms. The summed E-state index contributed by atoms with van der Waals surface area (Å²) in [5, 5.41) is 19.2. The molecule has 0 atom stereocenters. The summed E-state index contributed by atoms with van der Waals surface area (Å²) in [5.41, 5.74) is 1.65. The number of amides is 2. The molecular formula is C20H22N4O4S. The van der Waals surface area contributed by atoms with Gasteiger partial charge >= 0.3 is 0 Å². The molecule has 0 spiro atoms. The van der Waals surface area contributed by atoms with Crippen LogP contribution >= 0.6 is 12.2 Å². The number of rotatable bonds is 7.